The van der Waals surface area contributed by atoms with Crippen LogP contribution in [-0.4, -0.2) is 12.0 Å². The van der Waals surface area contributed by atoms with Crippen LogP contribution in [-0.2, 0) is 4.79 Å². The summed E-state index contributed by atoms with van der Waals surface area (Å²) < 4.78 is 23.8. The molecule has 0 fully saturated rings. The van der Waals surface area contributed by atoms with Crippen molar-refractivity contribution in [3.63, 3.8) is 0 Å². The number of benzene rings is 2. The number of hydrogen-bond acceptors (Lipinski definition) is 4. The van der Waals surface area contributed by atoms with E-state index in [9.17, 15) is 14.0 Å². The summed E-state index contributed by atoms with van der Waals surface area (Å²) in [5.74, 6) is -0.472. The Morgan fingerprint density at radius 2 is 1.96 bits per heavy atom. The van der Waals surface area contributed by atoms with E-state index in [0.717, 1.165) is 5.39 Å². The summed E-state index contributed by atoms with van der Waals surface area (Å²) in [6.45, 7) is 1.57. The molecule has 0 aliphatic rings. The Hall–Kier alpha value is -3.15. The van der Waals surface area contributed by atoms with E-state index in [1.165, 1.54) is 24.3 Å². The van der Waals surface area contributed by atoms with Gasteiger partial charge in [0.25, 0.3) is 5.91 Å². The van der Waals surface area contributed by atoms with E-state index < -0.39 is 23.5 Å². The molecule has 3 rings (SSSR count). The molecule has 1 N–H and O–H groups in total. The van der Waals surface area contributed by atoms with Crippen LogP contribution in [0.1, 0.15) is 6.92 Å². The van der Waals surface area contributed by atoms with E-state index in [1.807, 2.05) is 0 Å². The zero-order valence-electron chi connectivity index (χ0n) is 12.8. The summed E-state index contributed by atoms with van der Waals surface area (Å²) in [6.07, 6.45) is -0.818. The van der Waals surface area contributed by atoms with Crippen LogP contribution >= 0.6 is 0 Å². The Kier molecular flexibility index (Phi) is 4.29. The van der Waals surface area contributed by atoms with Crippen LogP contribution in [0, 0.1) is 5.82 Å². The number of carbonyl (C=O) groups excluding carboxylic acids is 1. The normalized spacial score (nSPS) is 11.9. The fourth-order valence-corrected chi connectivity index (χ4v) is 2.18. The molecule has 0 spiro atoms. The molecule has 122 valence electrons. The summed E-state index contributed by atoms with van der Waals surface area (Å²) in [5, 5.41) is 3.32. The van der Waals surface area contributed by atoms with Crippen LogP contribution in [0.5, 0.6) is 5.75 Å². The number of ether oxygens (including phenoxy) is 1. The molecular weight excluding hydrogens is 313 g/mol. The third kappa shape index (κ3) is 3.60. The number of halogens is 1. The number of rotatable bonds is 4. The lowest BCUT2D eigenvalue weighted by Gasteiger charge is -2.15. The van der Waals surface area contributed by atoms with Crippen LogP contribution in [0.15, 0.2) is 63.8 Å². The minimum absolute atomic E-state index is 0.347. The minimum atomic E-state index is -0.818. The van der Waals surface area contributed by atoms with E-state index in [2.05, 4.69) is 5.32 Å². The second kappa shape index (κ2) is 6.54. The molecule has 24 heavy (non-hydrogen) atoms. The van der Waals surface area contributed by atoms with Crippen molar-refractivity contribution in [2.24, 2.45) is 0 Å². The van der Waals surface area contributed by atoms with Gasteiger partial charge < -0.3 is 14.5 Å². The number of amides is 1. The molecule has 1 amide bonds. The lowest BCUT2D eigenvalue weighted by Crippen LogP contribution is -2.30. The standard InChI is InChI=1S/C18H14FNO4/c1-11(18(22)20-14-4-2-3-13(19)9-14)23-15-7-5-12-6-8-17(21)24-16(12)10-15/h2-11H,1H3,(H,20,22)/t11-/m1/s1. The Labute approximate surface area is 136 Å². The first-order valence-corrected chi connectivity index (χ1v) is 7.28. The highest BCUT2D eigenvalue weighted by atomic mass is 19.1. The van der Waals surface area contributed by atoms with E-state index >= 15 is 0 Å². The molecule has 0 aliphatic carbocycles. The van der Waals surface area contributed by atoms with Crippen molar-refractivity contribution in [1.82, 2.24) is 0 Å². The van der Waals surface area contributed by atoms with Gasteiger partial charge in [0, 0.05) is 23.2 Å². The monoisotopic (exact) mass is 327 g/mol. The average molecular weight is 327 g/mol. The molecule has 1 aromatic heterocycles. The van der Waals surface area contributed by atoms with Crippen molar-refractivity contribution >= 4 is 22.6 Å². The largest absolute Gasteiger partial charge is 0.481 e. The summed E-state index contributed by atoms with van der Waals surface area (Å²) in [4.78, 5) is 23.4. The number of anilines is 1. The van der Waals surface area contributed by atoms with Gasteiger partial charge in [-0.05, 0) is 43.3 Å². The van der Waals surface area contributed by atoms with Crippen molar-refractivity contribution in [3.05, 3.63) is 70.8 Å². The molecule has 5 nitrogen and oxygen atoms in total. The third-order valence-corrected chi connectivity index (χ3v) is 3.37. The maximum atomic E-state index is 13.1. The van der Waals surface area contributed by atoms with Gasteiger partial charge in [-0.25, -0.2) is 9.18 Å². The van der Waals surface area contributed by atoms with Crippen LogP contribution in [0.2, 0.25) is 0 Å². The first-order chi connectivity index (χ1) is 11.5. The van der Waals surface area contributed by atoms with Crippen molar-refractivity contribution in [2.75, 3.05) is 5.32 Å². The molecular formula is C18H14FNO4. The van der Waals surface area contributed by atoms with E-state index in [0.29, 0.717) is 17.0 Å². The molecule has 0 aliphatic heterocycles. The van der Waals surface area contributed by atoms with Crippen molar-refractivity contribution in [1.29, 1.82) is 0 Å². The van der Waals surface area contributed by atoms with Gasteiger partial charge in [0.2, 0.25) is 0 Å². The van der Waals surface area contributed by atoms with Crippen LogP contribution in [0.25, 0.3) is 11.0 Å². The quantitative estimate of drug-likeness (QED) is 0.746. The molecule has 2 aromatic carbocycles. The van der Waals surface area contributed by atoms with Gasteiger partial charge in [0.1, 0.15) is 17.1 Å². The van der Waals surface area contributed by atoms with Gasteiger partial charge in [-0.1, -0.05) is 6.07 Å². The molecule has 1 heterocycles. The Bertz CT molecular complexity index is 951. The fourth-order valence-electron chi connectivity index (χ4n) is 2.18. The van der Waals surface area contributed by atoms with E-state index in [1.54, 1.807) is 37.3 Å². The molecule has 3 aromatic rings. The van der Waals surface area contributed by atoms with Crippen molar-refractivity contribution in [3.8, 4) is 5.75 Å². The van der Waals surface area contributed by atoms with Gasteiger partial charge in [0.05, 0.1) is 0 Å². The first kappa shape index (κ1) is 15.7. The smallest absolute Gasteiger partial charge is 0.336 e. The Balaban J connectivity index is 1.72. The summed E-state index contributed by atoms with van der Waals surface area (Å²) in [7, 11) is 0. The zero-order chi connectivity index (χ0) is 17.1. The van der Waals surface area contributed by atoms with Gasteiger partial charge in [-0.3, -0.25) is 4.79 Å². The molecule has 0 saturated heterocycles. The van der Waals surface area contributed by atoms with Crippen molar-refractivity contribution in [2.45, 2.75) is 13.0 Å². The van der Waals surface area contributed by atoms with Crippen LogP contribution < -0.4 is 15.7 Å². The maximum absolute atomic E-state index is 13.1. The number of carbonyl (C=O) groups is 1. The topological polar surface area (TPSA) is 68.5 Å². The zero-order valence-corrected chi connectivity index (χ0v) is 12.8. The van der Waals surface area contributed by atoms with Crippen molar-refractivity contribution < 1.29 is 18.3 Å². The Morgan fingerprint density at radius 3 is 2.75 bits per heavy atom. The van der Waals surface area contributed by atoms with Gasteiger partial charge in [-0.15, -0.1) is 0 Å². The first-order valence-electron chi connectivity index (χ1n) is 7.28. The molecule has 1 atom stereocenters. The van der Waals surface area contributed by atoms with Gasteiger partial charge >= 0.3 is 5.63 Å². The third-order valence-electron chi connectivity index (χ3n) is 3.37. The maximum Gasteiger partial charge on any atom is 0.336 e. The lowest BCUT2D eigenvalue weighted by molar-refractivity contribution is -0.122. The summed E-state index contributed by atoms with van der Waals surface area (Å²) in [6, 6.07) is 13.5. The minimum Gasteiger partial charge on any atom is -0.481 e. The van der Waals surface area contributed by atoms with E-state index in [4.69, 9.17) is 9.15 Å². The average Bonchev–Trinajstić information content (AvgIpc) is 2.54. The number of hydrogen-bond donors (Lipinski definition) is 1. The highest BCUT2D eigenvalue weighted by molar-refractivity contribution is 5.94. The highest BCUT2D eigenvalue weighted by Crippen LogP contribution is 2.21. The van der Waals surface area contributed by atoms with Gasteiger partial charge in [0.15, 0.2) is 6.10 Å². The molecule has 0 saturated carbocycles. The number of nitrogens with one attached hydrogen (secondary N) is 1. The predicted molar refractivity (Wildman–Crippen MR) is 87.6 cm³/mol. The fraction of sp³-hybridized carbons (Fsp3) is 0.111. The second-order valence-corrected chi connectivity index (χ2v) is 5.21. The van der Waals surface area contributed by atoms with Crippen LogP contribution in [0.3, 0.4) is 0 Å². The molecule has 0 bridgehead atoms. The predicted octanol–water partition coefficient (Wildman–Crippen LogP) is 3.34. The summed E-state index contributed by atoms with van der Waals surface area (Å²) in [5.41, 5.74) is 0.259. The molecule has 0 unspecified atom stereocenters. The Morgan fingerprint density at radius 1 is 1.17 bits per heavy atom. The summed E-state index contributed by atoms with van der Waals surface area (Å²) >= 11 is 0. The lowest BCUT2D eigenvalue weighted by atomic mass is 10.2. The van der Waals surface area contributed by atoms with Gasteiger partial charge in [-0.2, -0.15) is 0 Å². The second-order valence-electron chi connectivity index (χ2n) is 5.21. The highest BCUT2D eigenvalue weighted by Gasteiger charge is 2.15. The van der Waals surface area contributed by atoms with E-state index in [-0.39, 0.29) is 0 Å². The number of fused-ring (bicyclic) bond motifs is 1. The molecule has 0 radical (unpaired) electrons. The van der Waals surface area contributed by atoms with Crippen LogP contribution in [0.4, 0.5) is 10.1 Å². The SMILES string of the molecule is C[C@@H](Oc1ccc2ccc(=O)oc2c1)C(=O)Nc1cccc(F)c1. The molecule has 6 heteroatoms.